The number of aromatic nitrogens is 2. The number of likely N-dealkylation sites (tertiary alicyclic amines) is 1. The van der Waals surface area contributed by atoms with Gasteiger partial charge < -0.3 is 14.0 Å². The van der Waals surface area contributed by atoms with Crippen molar-refractivity contribution in [2.75, 3.05) is 6.54 Å². The van der Waals surface area contributed by atoms with E-state index in [-0.39, 0.29) is 12.1 Å². The molecule has 2 aliphatic rings. The highest BCUT2D eigenvalue weighted by atomic mass is 16.5. The molecule has 0 aromatic carbocycles. The number of aliphatic hydroxyl groups is 1. The topological polar surface area (TPSA) is 75.5 Å². The largest absolute Gasteiger partial charge is 0.464 e. The zero-order valence-corrected chi connectivity index (χ0v) is 12.9. The predicted molar refractivity (Wildman–Crippen MR) is 78.0 cm³/mol. The summed E-state index contributed by atoms with van der Waals surface area (Å²) in [5, 5.41) is 13.8. The lowest BCUT2D eigenvalue weighted by Gasteiger charge is -2.19. The number of nitrogens with zero attached hydrogens (tertiary/aromatic N) is 3. The van der Waals surface area contributed by atoms with Gasteiger partial charge in [-0.25, -0.2) is 0 Å². The number of rotatable bonds is 4. The normalized spacial score (nSPS) is 31.8. The van der Waals surface area contributed by atoms with Gasteiger partial charge >= 0.3 is 0 Å². The van der Waals surface area contributed by atoms with E-state index in [0.717, 1.165) is 17.4 Å². The van der Waals surface area contributed by atoms with Gasteiger partial charge in [-0.05, 0) is 37.8 Å². The van der Waals surface area contributed by atoms with Crippen LogP contribution in [0.3, 0.4) is 0 Å². The van der Waals surface area contributed by atoms with Gasteiger partial charge in [0.15, 0.2) is 5.82 Å². The third kappa shape index (κ3) is 2.57. The van der Waals surface area contributed by atoms with Gasteiger partial charge in [-0.2, -0.15) is 4.98 Å². The van der Waals surface area contributed by atoms with E-state index in [1.165, 1.54) is 6.42 Å². The average molecular weight is 303 g/mol. The SMILES string of the molecule is Cc1noc([C@H]2C[C@H](O)CN2Cc2ccc([C@@H]3C[C@H]3C)o2)n1. The van der Waals surface area contributed by atoms with E-state index < -0.39 is 0 Å². The highest BCUT2D eigenvalue weighted by molar-refractivity contribution is 5.18. The van der Waals surface area contributed by atoms with Gasteiger partial charge in [0.2, 0.25) is 5.89 Å². The molecule has 1 saturated carbocycles. The Labute approximate surface area is 129 Å². The number of hydrogen-bond acceptors (Lipinski definition) is 6. The molecular formula is C16H21N3O3. The van der Waals surface area contributed by atoms with Crippen LogP contribution in [0.2, 0.25) is 0 Å². The molecule has 0 radical (unpaired) electrons. The van der Waals surface area contributed by atoms with E-state index in [4.69, 9.17) is 8.94 Å². The molecule has 1 aliphatic carbocycles. The molecule has 4 rings (SSSR count). The molecule has 0 amide bonds. The lowest BCUT2D eigenvalue weighted by atomic mass is 10.2. The van der Waals surface area contributed by atoms with Crippen molar-refractivity contribution in [2.45, 2.75) is 51.3 Å². The second-order valence-corrected chi connectivity index (χ2v) is 6.64. The quantitative estimate of drug-likeness (QED) is 0.934. The fraction of sp³-hybridized carbons (Fsp3) is 0.625. The molecule has 6 heteroatoms. The van der Waals surface area contributed by atoms with E-state index in [1.807, 2.05) is 6.07 Å². The molecule has 1 N–H and O–H groups in total. The van der Waals surface area contributed by atoms with Crippen LogP contribution in [0.25, 0.3) is 0 Å². The van der Waals surface area contributed by atoms with E-state index in [9.17, 15) is 5.11 Å². The fourth-order valence-corrected chi connectivity index (χ4v) is 3.36. The summed E-state index contributed by atoms with van der Waals surface area (Å²) in [7, 11) is 0. The second-order valence-electron chi connectivity index (χ2n) is 6.64. The standard InChI is InChI=1S/C16H21N3O3/c1-9-5-13(9)15-4-3-12(21-15)8-19-7-11(20)6-14(19)16-17-10(2)18-22-16/h3-4,9,11,13-14,20H,5-8H2,1-2H3/t9-,11+,13-,14-/m1/s1. The lowest BCUT2D eigenvalue weighted by molar-refractivity contribution is 0.162. The molecule has 118 valence electrons. The Morgan fingerprint density at radius 3 is 2.86 bits per heavy atom. The molecular weight excluding hydrogens is 282 g/mol. The van der Waals surface area contributed by atoms with Gasteiger partial charge in [-0.1, -0.05) is 12.1 Å². The number of β-amino-alcohol motifs (C(OH)–C–C–N with tert-alkyl or cyclic N) is 1. The van der Waals surface area contributed by atoms with Gasteiger partial charge in [0.1, 0.15) is 11.5 Å². The monoisotopic (exact) mass is 303 g/mol. The predicted octanol–water partition coefficient (Wildman–Crippen LogP) is 2.40. The minimum atomic E-state index is -0.366. The van der Waals surface area contributed by atoms with Crippen molar-refractivity contribution in [1.29, 1.82) is 0 Å². The average Bonchev–Trinajstić information content (AvgIpc) is 2.89. The maximum absolute atomic E-state index is 9.99. The molecule has 1 saturated heterocycles. The first-order valence-electron chi connectivity index (χ1n) is 7.91. The summed E-state index contributed by atoms with van der Waals surface area (Å²) in [6.07, 6.45) is 1.48. The number of hydrogen-bond donors (Lipinski definition) is 1. The third-order valence-corrected chi connectivity index (χ3v) is 4.73. The molecule has 0 bridgehead atoms. The van der Waals surface area contributed by atoms with E-state index in [1.54, 1.807) is 6.92 Å². The van der Waals surface area contributed by atoms with Crippen molar-refractivity contribution in [2.24, 2.45) is 5.92 Å². The lowest BCUT2D eigenvalue weighted by Crippen LogP contribution is -2.24. The Balaban J connectivity index is 1.49. The Hall–Kier alpha value is -1.66. The third-order valence-electron chi connectivity index (χ3n) is 4.73. The van der Waals surface area contributed by atoms with Crippen molar-refractivity contribution < 1.29 is 14.0 Å². The maximum Gasteiger partial charge on any atom is 0.244 e. The fourth-order valence-electron chi connectivity index (χ4n) is 3.36. The van der Waals surface area contributed by atoms with Crippen LogP contribution < -0.4 is 0 Å². The van der Waals surface area contributed by atoms with Crippen molar-refractivity contribution >= 4 is 0 Å². The number of furan rings is 1. The summed E-state index contributed by atoms with van der Waals surface area (Å²) in [6, 6.07) is 4.09. The van der Waals surface area contributed by atoms with Crippen molar-refractivity contribution in [3.63, 3.8) is 0 Å². The number of aliphatic hydroxyl groups excluding tert-OH is 1. The van der Waals surface area contributed by atoms with E-state index >= 15 is 0 Å². The summed E-state index contributed by atoms with van der Waals surface area (Å²) in [4.78, 5) is 6.46. The van der Waals surface area contributed by atoms with Crippen molar-refractivity contribution in [3.05, 3.63) is 35.4 Å². The summed E-state index contributed by atoms with van der Waals surface area (Å²) in [5.41, 5.74) is 0. The Morgan fingerprint density at radius 2 is 2.18 bits per heavy atom. The Morgan fingerprint density at radius 1 is 1.36 bits per heavy atom. The van der Waals surface area contributed by atoms with Crippen molar-refractivity contribution in [1.82, 2.24) is 15.0 Å². The van der Waals surface area contributed by atoms with Crippen LogP contribution in [0, 0.1) is 12.8 Å². The Kier molecular flexibility index (Phi) is 3.31. The van der Waals surface area contributed by atoms with Crippen LogP contribution in [0.15, 0.2) is 21.1 Å². The molecule has 22 heavy (non-hydrogen) atoms. The first-order chi connectivity index (χ1) is 10.6. The highest BCUT2D eigenvalue weighted by Gasteiger charge is 2.38. The van der Waals surface area contributed by atoms with Gasteiger partial charge in [0.05, 0.1) is 18.7 Å². The van der Waals surface area contributed by atoms with Gasteiger partial charge in [0.25, 0.3) is 0 Å². The van der Waals surface area contributed by atoms with Crippen LogP contribution in [-0.2, 0) is 6.54 Å². The van der Waals surface area contributed by atoms with E-state index in [0.29, 0.717) is 37.1 Å². The highest BCUT2D eigenvalue weighted by Crippen LogP contribution is 2.47. The minimum absolute atomic E-state index is 0.0374. The molecule has 2 aromatic heterocycles. The van der Waals surface area contributed by atoms with Crippen LogP contribution in [0.5, 0.6) is 0 Å². The molecule has 2 fully saturated rings. The van der Waals surface area contributed by atoms with Crippen molar-refractivity contribution in [3.8, 4) is 0 Å². The van der Waals surface area contributed by atoms with Crippen LogP contribution in [0.4, 0.5) is 0 Å². The van der Waals surface area contributed by atoms with Crippen LogP contribution in [-0.4, -0.2) is 32.8 Å². The second kappa shape index (κ2) is 5.21. The number of aryl methyl sites for hydroxylation is 1. The molecule has 0 spiro atoms. The first-order valence-corrected chi connectivity index (χ1v) is 7.91. The maximum atomic E-state index is 9.99. The molecule has 1 aliphatic heterocycles. The van der Waals surface area contributed by atoms with Gasteiger partial charge in [0, 0.05) is 12.5 Å². The van der Waals surface area contributed by atoms with Gasteiger partial charge in [-0.15, -0.1) is 0 Å². The summed E-state index contributed by atoms with van der Waals surface area (Å²) >= 11 is 0. The van der Waals surface area contributed by atoms with Gasteiger partial charge in [-0.3, -0.25) is 4.90 Å². The summed E-state index contributed by atoms with van der Waals surface area (Å²) in [5.74, 6) is 4.56. The minimum Gasteiger partial charge on any atom is -0.464 e. The zero-order chi connectivity index (χ0) is 15.3. The molecule has 6 nitrogen and oxygen atoms in total. The molecule has 3 heterocycles. The van der Waals surface area contributed by atoms with Crippen LogP contribution >= 0.6 is 0 Å². The summed E-state index contributed by atoms with van der Waals surface area (Å²) in [6.45, 7) is 5.31. The summed E-state index contributed by atoms with van der Waals surface area (Å²) < 4.78 is 11.3. The Bertz CT molecular complexity index is 665. The molecule has 2 aromatic rings. The molecule has 0 unspecified atom stereocenters. The van der Waals surface area contributed by atoms with Crippen LogP contribution in [0.1, 0.15) is 55.0 Å². The zero-order valence-electron chi connectivity index (χ0n) is 12.9. The first kappa shape index (κ1) is 14.0. The smallest absolute Gasteiger partial charge is 0.244 e. The van der Waals surface area contributed by atoms with E-state index in [2.05, 4.69) is 28.0 Å². The molecule has 4 atom stereocenters.